The van der Waals surface area contributed by atoms with Crippen LogP contribution in [0.2, 0.25) is 10.0 Å². The van der Waals surface area contributed by atoms with Crippen molar-refractivity contribution in [3.8, 4) is 0 Å². The van der Waals surface area contributed by atoms with Gasteiger partial charge in [-0.1, -0.05) is 53.5 Å². The van der Waals surface area contributed by atoms with Crippen molar-refractivity contribution >= 4 is 35.3 Å². The number of carboxylic acid groups (broad SMARTS) is 1. The van der Waals surface area contributed by atoms with E-state index in [1.165, 1.54) is 0 Å². The number of carbonyl (C=O) groups is 2. The zero-order valence-electron chi connectivity index (χ0n) is 16.9. The summed E-state index contributed by atoms with van der Waals surface area (Å²) in [5, 5.41) is 13.1. The van der Waals surface area contributed by atoms with E-state index in [4.69, 9.17) is 32.7 Å². The van der Waals surface area contributed by atoms with E-state index in [0.29, 0.717) is 16.5 Å². The maximum Gasteiger partial charge on any atom is 0.407 e. The van der Waals surface area contributed by atoms with Crippen LogP contribution in [0.5, 0.6) is 0 Å². The van der Waals surface area contributed by atoms with Gasteiger partial charge < -0.3 is 19.9 Å². The Hall–Kier alpha value is -2.28. The van der Waals surface area contributed by atoms with E-state index >= 15 is 0 Å². The second kappa shape index (κ2) is 11.8. The molecule has 1 atom stereocenters. The van der Waals surface area contributed by atoms with E-state index in [9.17, 15) is 14.7 Å². The molecule has 2 aromatic rings. The lowest BCUT2D eigenvalue weighted by atomic mass is 10.0. The summed E-state index contributed by atoms with van der Waals surface area (Å²) >= 11 is 12.0. The largest absolute Gasteiger partial charge is 0.479 e. The number of aliphatic carboxylic acids is 1. The van der Waals surface area contributed by atoms with Crippen molar-refractivity contribution in [1.29, 1.82) is 0 Å². The minimum absolute atomic E-state index is 0.181. The molecule has 0 bridgehead atoms. The molecule has 0 fully saturated rings. The van der Waals surface area contributed by atoms with Crippen molar-refractivity contribution in [1.82, 2.24) is 5.32 Å². The zero-order valence-corrected chi connectivity index (χ0v) is 18.4. The SMILES string of the molecule is CC(C)OC(Cc1cccc(CNC(=O)OCCc2ccc(Cl)cc2Cl)c1)C(=O)O. The highest BCUT2D eigenvalue weighted by Gasteiger charge is 2.20. The summed E-state index contributed by atoms with van der Waals surface area (Å²) in [4.78, 5) is 23.3. The summed E-state index contributed by atoms with van der Waals surface area (Å²) in [6.45, 7) is 4.03. The normalized spacial score (nSPS) is 11.9. The number of hydrogen-bond donors (Lipinski definition) is 2. The van der Waals surface area contributed by atoms with Gasteiger partial charge in [0.25, 0.3) is 0 Å². The minimum Gasteiger partial charge on any atom is -0.479 e. The van der Waals surface area contributed by atoms with E-state index in [0.717, 1.165) is 16.7 Å². The van der Waals surface area contributed by atoms with Crippen LogP contribution in [-0.2, 0) is 33.7 Å². The Kier molecular flexibility index (Phi) is 9.43. The molecule has 1 amide bonds. The van der Waals surface area contributed by atoms with Gasteiger partial charge in [-0.15, -0.1) is 0 Å². The van der Waals surface area contributed by atoms with Gasteiger partial charge in [0.05, 0.1) is 12.7 Å². The van der Waals surface area contributed by atoms with Crippen molar-refractivity contribution in [3.63, 3.8) is 0 Å². The van der Waals surface area contributed by atoms with Crippen LogP contribution < -0.4 is 5.32 Å². The molecule has 0 aliphatic rings. The van der Waals surface area contributed by atoms with Crippen LogP contribution >= 0.6 is 23.2 Å². The fourth-order valence-electron chi connectivity index (χ4n) is 2.81. The van der Waals surface area contributed by atoms with Crippen molar-refractivity contribution in [2.24, 2.45) is 0 Å². The van der Waals surface area contributed by atoms with E-state index in [1.54, 1.807) is 32.0 Å². The Morgan fingerprint density at radius 3 is 2.50 bits per heavy atom. The number of ether oxygens (including phenoxy) is 2. The van der Waals surface area contributed by atoms with Crippen LogP contribution in [0.4, 0.5) is 4.79 Å². The van der Waals surface area contributed by atoms with Crippen molar-refractivity contribution < 1.29 is 24.2 Å². The molecule has 8 heteroatoms. The van der Waals surface area contributed by atoms with Crippen LogP contribution in [0.3, 0.4) is 0 Å². The lowest BCUT2D eigenvalue weighted by molar-refractivity contribution is -0.153. The predicted octanol–water partition coefficient (Wildman–Crippen LogP) is 4.88. The Morgan fingerprint density at radius 1 is 1.10 bits per heavy atom. The molecular weight excluding hydrogens is 429 g/mol. The van der Waals surface area contributed by atoms with Gasteiger partial charge in [0.2, 0.25) is 0 Å². The first-order valence-electron chi connectivity index (χ1n) is 9.55. The molecule has 2 aromatic carbocycles. The fourth-order valence-corrected chi connectivity index (χ4v) is 3.31. The van der Waals surface area contributed by atoms with Crippen molar-refractivity contribution in [2.75, 3.05) is 6.61 Å². The summed E-state index contributed by atoms with van der Waals surface area (Å²) in [6, 6.07) is 12.5. The van der Waals surface area contributed by atoms with Gasteiger partial charge in [-0.25, -0.2) is 9.59 Å². The Labute approximate surface area is 186 Å². The van der Waals surface area contributed by atoms with Crippen molar-refractivity contribution in [3.05, 3.63) is 69.2 Å². The molecule has 1 unspecified atom stereocenters. The number of hydrogen-bond acceptors (Lipinski definition) is 4. The number of carboxylic acids is 1. The Morgan fingerprint density at radius 2 is 1.83 bits per heavy atom. The third kappa shape index (κ3) is 8.22. The first-order chi connectivity index (χ1) is 14.2. The topological polar surface area (TPSA) is 84.9 Å². The van der Waals surface area contributed by atoms with Crippen molar-refractivity contribution in [2.45, 2.75) is 45.4 Å². The van der Waals surface area contributed by atoms with Gasteiger partial charge in [-0.05, 0) is 42.7 Å². The fraction of sp³-hybridized carbons (Fsp3) is 0.364. The van der Waals surface area contributed by atoms with Gasteiger partial charge >= 0.3 is 12.1 Å². The predicted molar refractivity (Wildman–Crippen MR) is 116 cm³/mol. The average Bonchev–Trinajstić information content (AvgIpc) is 2.67. The molecule has 0 radical (unpaired) electrons. The third-order valence-corrected chi connectivity index (χ3v) is 4.77. The van der Waals surface area contributed by atoms with Crippen LogP contribution in [0.25, 0.3) is 0 Å². The lowest BCUT2D eigenvalue weighted by Gasteiger charge is -2.17. The van der Waals surface area contributed by atoms with E-state index in [1.807, 2.05) is 24.3 Å². The Bertz CT molecular complexity index is 872. The second-order valence-corrected chi connectivity index (χ2v) is 7.85. The maximum atomic E-state index is 11.9. The van der Waals surface area contributed by atoms with Crippen LogP contribution in [0, 0.1) is 0 Å². The first-order valence-corrected chi connectivity index (χ1v) is 10.3. The average molecular weight is 454 g/mol. The number of carbonyl (C=O) groups excluding carboxylic acids is 1. The number of halogens is 2. The molecule has 0 saturated heterocycles. The molecule has 0 aliphatic heterocycles. The van der Waals surface area contributed by atoms with Gasteiger partial charge in [-0.3, -0.25) is 0 Å². The van der Waals surface area contributed by atoms with E-state index in [-0.39, 0.29) is 25.7 Å². The van der Waals surface area contributed by atoms with Gasteiger partial charge in [0, 0.05) is 29.4 Å². The quantitative estimate of drug-likeness (QED) is 0.535. The summed E-state index contributed by atoms with van der Waals surface area (Å²) in [7, 11) is 0. The smallest absolute Gasteiger partial charge is 0.407 e. The van der Waals surface area contributed by atoms with E-state index < -0.39 is 18.2 Å². The van der Waals surface area contributed by atoms with Gasteiger partial charge in [0.15, 0.2) is 6.10 Å². The third-order valence-electron chi connectivity index (χ3n) is 4.18. The van der Waals surface area contributed by atoms with Crippen LogP contribution in [0.15, 0.2) is 42.5 Å². The molecule has 2 rings (SSSR count). The number of benzene rings is 2. The molecule has 0 spiro atoms. The molecule has 162 valence electrons. The molecule has 0 heterocycles. The molecule has 0 aliphatic carbocycles. The highest BCUT2D eigenvalue weighted by Crippen LogP contribution is 2.21. The number of rotatable bonds is 10. The monoisotopic (exact) mass is 453 g/mol. The molecular formula is C22H25Cl2NO5. The summed E-state index contributed by atoms with van der Waals surface area (Å²) in [6.07, 6.45) is -0.928. The first kappa shape index (κ1) is 24.0. The highest BCUT2D eigenvalue weighted by molar-refractivity contribution is 6.35. The second-order valence-electron chi connectivity index (χ2n) is 7.01. The van der Waals surface area contributed by atoms with E-state index in [2.05, 4.69) is 5.32 Å². The summed E-state index contributed by atoms with van der Waals surface area (Å²) in [5.74, 6) is -1.00. The van der Waals surface area contributed by atoms with Crippen LogP contribution in [-0.4, -0.2) is 36.0 Å². The zero-order chi connectivity index (χ0) is 22.1. The number of amides is 1. The van der Waals surface area contributed by atoms with Gasteiger partial charge in [0.1, 0.15) is 0 Å². The number of nitrogens with one attached hydrogen (secondary N) is 1. The summed E-state index contributed by atoms with van der Waals surface area (Å²) < 4.78 is 10.6. The molecule has 6 nitrogen and oxygen atoms in total. The maximum absolute atomic E-state index is 11.9. The Balaban J connectivity index is 1.81. The highest BCUT2D eigenvalue weighted by atomic mass is 35.5. The molecule has 30 heavy (non-hydrogen) atoms. The number of alkyl carbamates (subject to hydrolysis) is 1. The minimum atomic E-state index is -1.00. The standard InChI is InChI=1S/C22H25Cl2NO5/c1-14(2)30-20(21(26)27)11-15-4-3-5-16(10-15)13-25-22(28)29-9-8-17-6-7-18(23)12-19(17)24/h3-7,10,12,14,20H,8-9,11,13H2,1-2H3,(H,25,28)(H,26,27). The lowest BCUT2D eigenvalue weighted by Crippen LogP contribution is -2.29. The summed E-state index contributed by atoms with van der Waals surface area (Å²) in [5.41, 5.74) is 2.49. The van der Waals surface area contributed by atoms with Gasteiger partial charge in [-0.2, -0.15) is 0 Å². The molecule has 2 N–H and O–H groups in total. The molecule has 0 aromatic heterocycles. The van der Waals surface area contributed by atoms with Crippen LogP contribution in [0.1, 0.15) is 30.5 Å². The molecule has 0 saturated carbocycles.